The van der Waals surface area contributed by atoms with Crippen molar-refractivity contribution in [2.75, 3.05) is 6.54 Å². The third kappa shape index (κ3) is 2.29. The number of aliphatic hydroxyl groups excluding tert-OH is 1. The van der Waals surface area contributed by atoms with Gasteiger partial charge in [-0.25, -0.2) is 9.59 Å². The Morgan fingerprint density at radius 2 is 1.95 bits per heavy atom. The quantitative estimate of drug-likeness (QED) is 0.676. The summed E-state index contributed by atoms with van der Waals surface area (Å²) in [5.41, 5.74) is 0. The fraction of sp³-hybridized carbons (Fsp3) is 0.846. The molecule has 3 aliphatic rings. The average molecular weight is 268 g/mol. The summed E-state index contributed by atoms with van der Waals surface area (Å²) in [6, 6.07) is -1.03. The highest BCUT2D eigenvalue weighted by Gasteiger charge is 2.43. The number of rotatable bonds is 2. The van der Waals surface area contributed by atoms with Crippen molar-refractivity contribution < 1.29 is 19.8 Å². The van der Waals surface area contributed by atoms with Gasteiger partial charge in [-0.05, 0) is 31.1 Å². The van der Waals surface area contributed by atoms with E-state index in [0.717, 1.165) is 12.3 Å². The van der Waals surface area contributed by atoms with Crippen molar-refractivity contribution in [2.45, 2.75) is 50.3 Å². The number of amides is 2. The minimum atomic E-state index is -1.04. The van der Waals surface area contributed by atoms with Gasteiger partial charge in [0, 0.05) is 19.0 Å². The van der Waals surface area contributed by atoms with Crippen LogP contribution in [0.4, 0.5) is 4.79 Å². The summed E-state index contributed by atoms with van der Waals surface area (Å²) in [5.74, 6) is 0.249. The second-order valence-electron chi connectivity index (χ2n) is 6.13. The first-order chi connectivity index (χ1) is 9.04. The zero-order valence-corrected chi connectivity index (χ0v) is 10.8. The molecule has 1 saturated heterocycles. The molecule has 5 atom stereocenters. The van der Waals surface area contributed by atoms with E-state index in [-0.39, 0.29) is 25.0 Å². The molecule has 0 aromatic heterocycles. The van der Waals surface area contributed by atoms with Gasteiger partial charge >= 0.3 is 12.0 Å². The van der Waals surface area contributed by atoms with E-state index in [4.69, 9.17) is 5.11 Å². The predicted octanol–water partition coefficient (Wildman–Crippen LogP) is 0.404. The molecule has 0 aromatic carbocycles. The summed E-state index contributed by atoms with van der Waals surface area (Å²) < 4.78 is 0. The molecule has 6 heteroatoms. The number of aliphatic hydroxyl groups is 1. The van der Waals surface area contributed by atoms with Crippen LogP contribution in [0, 0.1) is 11.8 Å². The van der Waals surface area contributed by atoms with E-state index in [1.807, 2.05) is 0 Å². The number of urea groups is 1. The van der Waals surface area contributed by atoms with Crippen molar-refractivity contribution in [2.24, 2.45) is 11.8 Å². The summed E-state index contributed by atoms with van der Waals surface area (Å²) in [4.78, 5) is 24.5. The number of fused-ring (bicyclic) bond motifs is 2. The van der Waals surface area contributed by atoms with Crippen molar-refractivity contribution in [3.63, 3.8) is 0 Å². The third-order valence-corrected chi connectivity index (χ3v) is 4.87. The molecule has 2 bridgehead atoms. The van der Waals surface area contributed by atoms with Crippen molar-refractivity contribution >= 4 is 12.0 Å². The van der Waals surface area contributed by atoms with Crippen LogP contribution in [-0.2, 0) is 4.79 Å². The van der Waals surface area contributed by atoms with E-state index < -0.39 is 18.1 Å². The maximum atomic E-state index is 12.2. The summed E-state index contributed by atoms with van der Waals surface area (Å²) in [6.07, 6.45) is 4.03. The lowest BCUT2D eigenvalue weighted by atomic mass is 9.95. The van der Waals surface area contributed by atoms with Crippen LogP contribution in [0.25, 0.3) is 0 Å². The molecule has 106 valence electrons. The van der Waals surface area contributed by atoms with E-state index in [1.165, 1.54) is 24.2 Å². The summed E-state index contributed by atoms with van der Waals surface area (Å²) >= 11 is 0. The highest BCUT2D eigenvalue weighted by atomic mass is 16.4. The normalized spacial score (nSPS) is 40.7. The Balaban J connectivity index is 1.62. The van der Waals surface area contributed by atoms with Gasteiger partial charge in [0.25, 0.3) is 0 Å². The van der Waals surface area contributed by atoms with Crippen LogP contribution < -0.4 is 5.32 Å². The van der Waals surface area contributed by atoms with Gasteiger partial charge in [-0.2, -0.15) is 0 Å². The number of carboxylic acid groups (broad SMARTS) is 1. The lowest BCUT2D eigenvalue weighted by molar-refractivity contribution is -0.141. The minimum absolute atomic E-state index is 0.115. The van der Waals surface area contributed by atoms with Crippen LogP contribution in [0.3, 0.4) is 0 Å². The predicted molar refractivity (Wildman–Crippen MR) is 66.5 cm³/mol. The molecule has 19 heavy (non-hydrogen) atoms. The van der Waals surface area contributed by atoms with Gasteiger partial charge in [0.2, 0.25) is 0 Å². The van der Waals surface area contributed by atoms with Gasteiger partial charge in [-0.3, -0.25) is 0 Å². The van der Waals surface area contributed by atoms with Gasteiger partial charge in [0.1, 0.15) is 6.04 Å². The lowest BCUT2D eigenvalue weighted by Gasteiger charge is -2.28. The Morgan fingerprint density at radius 1 is 1.16 bits per heavy atom. The number of nitrogens with zero attached hydrogens (tertiary/aromatic N) is 1. The first-order valence-electron chi connectivity index (χ1n) is 7.02. The van der Waals surface area contributed by atoms with E-state index in [1.54, 1.807) is 0 Å². The van der Waals surface area contributed by atoms with E-state index >= 15 is 0 Å². The van der Waals surface area contributed by atoms with Crippen LogP contribution >= 0.6 is 0 Å². The Kier molecular flexibility index (Phi) is 3.12. The molecule has 0 aromatic rings. The van der Waals surface area contributed by atoms with Crippen molar-refractivity contribution in [1.82, 2.24) is 10.2 Å². The first kappa shape index (κ1) is 12.7. The lowest BCUT2D eigenvalue weighted by Crippen LogP contribution is -2.50. The molecular weight excluding hydrogens is 248 g/mol. The van der Waals surface area contributed by atoms with Gasteiger partial charge in [-0.1, -0.05) is 6.42 Å². The van der Waals surface area contributed by atoms with Crippen molar-refractivity contribution in [1.29, 1.82) is 0 Å². The Labute approximate surface area is 111 Å². The van der Waals surface area contributed by atoms with Crippen LogP contribution in [0.1, 0.15) is 32.1 Å². The molecule has 2 amide bonds. The number of hydrogen-bond donors (Lipinski definition) is 3. The Bertz CT molecular complexity index is 400. The maximum absolute atomic E-state index is 12.2. The van der Waals surface area contributed by atoms with Crippen molar-refractivity contribution in [3.05, 3.63) is 0 Å². The summed E-state index contributed by atoms with van der Waals surface area (Å²) in [7, 11) is 0. The number of aliphatic carboxylic acids is 1. The van der Waals surface area contributed by atoms with Crippen LogP contribution in [0.2, 0.25) is 0 Å². The SMILES string of the molecule is O=C(O)C1CC(O)CN1C(=O)NC1CC2CCC1C2. The molecule has 6 nitrogen and oxygen atoms in total. The standard InChI is InChI=1S/C13H20N2O4/c16-9-5-11(12(17)18)15(6-9)13(19)14-10-4-7-1-2-8(10)3-7/h7-11,16H,1-6H2,(H,14,19)(H,17,18). The molecule has 1 aliphatic heterocycles. The fourth-order valence-electron chi connectivity index (χ4n) is 3.94. The van der Waals surface area contributed by atoms with Crippen LogP contribution in [-0.4, -0.2) is 51.8 Å². The van der Waals surface area contributed by atoms with Crippen LogP contribution in [0.5, 0.6) is 0 Å². The number of hydrogen-bond acceptors (Lipinski definition) is 3. The van der Waals surface area contributed by atoms with E-state index in [9.17, 15) is 14.7 Å². The number of likely N-dealkylation sites (tertiary alicyclic amines) is 1. The number of nitrogens with one attached hydrogen (secondary N) is 1. The third-order valence-electron chi connectivity index (χ3n) is 4.87. The molecule has 3 rings (SSSR count). The monoisotopic (exact) mass is 268 g/mol. The van der Waals surface area contributed by atoms with Gasteiger partial charge in [0.15, 0.2) is 0 Å². The number of carboxylic acids is 1. The Morgan fingerprint density at radius 3 is 2.53 bits per heavy atom. The highest BCUT2D eigenvalue weighted by molar-refractivity contribution is 5.83. The molecule has 3 fully saturated rings. The van der Waals surface area contributed by atoms with Gasteiger partial charge in [0.05, 0.1) is 6.10 Å². The number of carbonyl (C=O) groups excluding carboxylic acids is 1. The second kappa shape index (κ2) is 4.67. The fourth-order valence-corrected chi connectivity index (χ4v) is 3.94. The second-order valence-corrected chi connectivity index (χ2v) is 6.13. The van der Waals surface area contributed by atoms with Gasteiger partial charge in [-0.15, -0.1) is 0 Å². The van der Waals surface area contributed by atoms with E-state index in [0.29, 0.717) is 5.92 Å². The molecule has 1 heterocycles. The molecule has 3 N–H and O–H groups in total. The molecule has 5 unspecified atom stereocenters. The maximum Gasteiger partial charge on any atom is 0.326 e. The number of β-amino-alcohol motifs (C(OH)–C–C–N with tert-alkyl or cyclic N) is 1. The topological polar surface area (TPSA) is 89.9 Å². The smallest absolute Gasteiger partial charge is 0.326 e. The average Bonchev–Trinajstić information content (AvgIpc) is 3.02. The van der Waals surface area contributed by atoms with Crippen LogP contribution in [0.15, 0.2) is 0 Å². The van der Waals surface area contributed by atoms with Crippen molar-refractivity contribution in [3.8, 4) is 0 Å². The Hall–Kier alpha value is -1.30. The molecule has 0 spiro atoms. The molecule has 0 radical (unpaired) electrons. The summed E-state index contributed by atoms with van der Waals surface area (Å²) in [5, 5.41) is 21.6. The first-order valence-corrected chi connectivity index (χ1v) is 7.02. The summed E-state index contributed by atoms with van der Waals surface area (Å²) in [6.45, 7) is 0.115. The number of carbonyl (C=O) groups is 2. The zero-order valence-electron chi connectivity index (χ0n) is 10.8. The highest BCUT2D eigenvalue weighted by Crippen LogP contribution is 2.44. The minimum Gasteiger partial charge on any atom is -0.480 e. The largest absolute Gasteiger partial charge is 0.480 e. The molecule has 2 aliphatic carbocycles. The molecular formula is C13H20N2O4. The zero-order chi connectivity index (χ0) is 13.6. The van der Waals surface area contributed by atoms with E-state index in [2.05, 4.69) is 5.32 Å². The van der Waals surface area contributed by atoms with Gasteiger partial charge < -0.3 is 20.4 Å². The molecule has 2 saturated carbocycles.